The first-order valence-electron chi connectivity index (χ1n) is 6.86. The summed E-state index contributed by atoms with van der Waals surface area (Å²) in [5, 5.41) is 13.5. The zero-order valence-corrected chi connectivity index (χ0v) is 12.1. The largest absolute Gasteiger partial charge is 0.308 e. The van der Waals surface area contributed by atoms with E-state index in [1.54, 1.807) is 21.3 Å². The standard InChI is InChI=1S/C13H14N6OS/c20-12-5-10(15-13-19(12)3-4-21-13)7-18-8-11(16-17-18)6-14-9-1-2-9/h3-5,8-9,14H,1-2,6-7H2. The molecule has 0 amide bonds. The molecule has 7 nitrogen and oxygen atoms in total. The summed E-state index contributed by atoms with van der Waals surface area (Å²) in [6.07, 6.45) is 6.13. The number of nitrogens with one attached hydrogen (secondary N) is 1. The van der Waals surface area contributed by atoms with Gasteiger partial charge in [0.1, 0.15) is 0 Å². The lowest BCUT2D eigenvalue weighted by atomic mass is 10.4. The minimum Gasteiger partial charge on any atom is -0.308 e. The molecule has 3 heterocycles. The smallest absolute Gasteiger partial charge is 0.258 e. The molecule has 21 heavy (non-hydrogen) atoms. The van der Waals surface area contributed by atoms with Gasteiger partial charge in [0.05, 0.1) is 24.1 Å². The predicted molar refractivity (Wildman–Crippen MR) is 78.3 cm³/mol. The fourth-order valence-corrected chi connectivity index (χ4v) is 2.91. The molecular formula is C13H14N6OS. The quantitative estimate of drug-likeness (QED) is 0.749. The molecule has 0 saturated heterocycles. The molecule has 1 N–H and O–H groups in total. The molecule has 1 saturated carbocycles. The lowest BCUT2D eigenvalue weighted by Gasteiger charge is -2.00. The molecule has 0 atom stereocenters. The molecule has 1 fully saturated rings. The van der Waals surface area contributed by atoms with Gasteiger partial charge in [-0.05, 0) is 12.8 Å². The third kappa shape index (κ3) is 2.72. The van der Waals surface area contributed by atoms with E-state index in [9.17, 15) is 4.79 Å². The highest BCUT2D eigenvalue weighted by molar-refractivity contribution is 7.15. The van der Waals surface area contributed by atoms with E-state index in [4.69, 9.17) is 0 Å². The van der Waals surface area contributed by atoms with Gasteiger partial charge < -0.3 is 5.32 Å². The van der Waals surface area contributed by atoms with Gasteiger partial charge in [-0.2, -0.15) is 0 Å². The van der Waals surface area contributed by atoms with Crippen LogP contribution in [0.5, 0.6) is 0 Å². The Morgan fingerprint density at radius 2 is 2.29 bits per heavy atom. The van der Waals surface area contributed by atoms with Gasteiger partial charge in [-0.15, -0.1) is 16.4 Å². The van der Waals surface area contributed by atoms with Crippen LogP contribution in [0, 0.1) is 0 Å². The first-order chi connectivity index (χ1) is 10.3. The van der Waals surface area contributed by atoms with E-state index in [0.717, 1.165) is 12.2 Å². The highest BCUT2D eigenvalue weighted by atomic mass is 32.1. The molecule has 4 rings (SSSR count). The van der Waals surface area contributed by atoms with Gasteiger partial charge in [0.15, 0.2) is 4.96 Å². The second-order valence-corrected chi connectivity index (χ2v) is 6.08. The summed E-state index contributed by atoms with van der Waals surface area (Å²) in [7, 11) is 0. The van der Waals surface area contributed by atoms with Gasteiger partial charge in [0, 0.05) is 30.2 Å². The first-order valence-corrected chi connectivity index (χ1v) is 7.74. The number of nitrogens with zero attached hydrogens (tertiary/aromatic N) is 5. The van der Waals surface area contributed by atoms with Crippen LogP contribution in [0.1, 0.15) is 24.2 Å². The van der Waals surface area contributed by atoms with E-state index in [1.165, 1.54) is 24.2 Å². The Morgan fingerprint density at radius 3 is 3.14 bits per heavy atom. The molecule has 0 spiro atoms. The molecule has 0 aliphatic heterocycles. The van der Waals surface area contributed by atoms with E-state index >= 15 is 0 Å². The van der Waals surface area contributed by atoms with Crippen LogP contribution < -0.4 is 10.9 Å². The van der Waals surface area contributed by atoms with Crippen molar-refractivity contribution in [2.75, 3.05) is 0 Å². The summed E-state index contributed by atoms with van der Waals surface area (Å²) in [5.74, 6) is 0. The SMILES string of the molecule is O=c1cc(Cn2cc(CNC3CC3)nn2)nc2sccn12. The van der Waals surface area contributed by atoms with Gasteiger partial charge in [-0.25, -0.2) is 9.67 Å². The molecule has 8 heteroatoms. The summed E-state index contributed by atoms with van der Waals surface area (Å²) in [6, 6.07) is 2.20. The van der Waals surface area contributed by atoms with Gasteiger partial charge in [0.2, 0.25) is 0 Å². The molecule has 0 aromatic carbocycles. The Bertz CT molecular complexity index is 830. The molecule has 108 valence electrons. The van der Waals surface area contributed by atoms with Crippen LogP contribution >= 0.6 is 11.3 Å². The van der Waals surface area contributed by atoms with Crippen LogP contribution in [-0.2, 0) is 13.1 Å². The van der Waals surface area contributed by atoms with E-state index in [-0.39, 0.29) is 5.56 Å². The zero-order valence-electron chi connectivity index (χ0n) is 11.3. The Balaban J connectivity index is 1.52. The molecule has 1 aliphatic carbocycles. The lowest BCUT2D eigenvalue weighted by molar-refractivity contribution is 0.636. The lowest BCUT2D eigenvalue weighted by Crippen LogP contribution is -2.15. The van der Waals surface area contributed by atoms with Crippen LogP contribution in [0.4, 0.5) is 0 Å². The molecule has 3 aromatic heterocycles. The number of aromatic nitrogens is 5. The third-order valence-corrected chi connectivity index (χ3v) is 4.17. The second kappa shape index (κ2) is 5.05. The normalized spacial score (nSPS) is 14.9. The second-order valence-electron chi connectivity index (χ2n) is 5.20. The summed E-state index contributed by atoms with van der Waals surface area (Å²) in [5.41, 5.74) is 1.55. The van der Waals surface area contributed by atoms with Crippen LogP contribution in [-0.4, -0.2) is 30.4 Å². The summed E-state index contributed by atoms with van der Waals surface area (Å²) in [4.78, 5) is 17.1. The minimum atomic E-state index is -0.0630. The Labute approximate surface area is 124 Å². The van der Waals surface area contributed by atoms with Crippen molar-refractivity contribution >= 4 is 16.3 Å². The maximum atomic E-state index is 11.9. The number of thiazole rings is 1. The topological polar surface area (TPSA) is 77.1 Å². The highest BCUT2D eigenvalue weighted by Crippen LogP contribution is 2.18. The minimum absolute atomic E-state index is 0.0630. The summed E-state index contributed by atoms with van der Waals surface area (Å²) < 4.78 is 3.26. The Morgan fingerprint density at radius 1 is 1.38 bits per heavy atom. The monoisotopic (exact) mass is 302 g/mol. The van der Waals surface area contributed by atoms with Gasteiger partial charge >= 0.3 is 0 Å². The van der Waals surface area contributed by atoms with E-state index in [0.29, 0.717) is 23.2 Å². The predicted octanol–water partition coefficient (Wildman–Crippen LogP) is 0.648. The van der Waals surface area contributed by atoms with Crippen molar-refractivity contribution in [2.24, 2.45) is 0 Å². The van der Waals surface area contributed by atoms with Gasteiger partial charge in [0.25, 0.3) is 5.56 Å². The van der Waals surface area contributed by atoms with Crippen molar-refractivity contribution in [2.45, 2.75) is 32.0 Å². The summed E-state index contributed by atoms with van der Waals surface area (Å²) in [6.45, 7) is 1.20. The van der Waals surface area contributed by atoms with Crippen LogP contribution in [0.15, 0.2) is 28.6 Å². The average Bonchev–Trinajstić information content (AvgIpc) is 2.98. The van der Waals surface area contributed by atoms with Gasteiger partial charge in [-0.1, -0.05) is 5.21 Å². The van der Waals surface area contributed by atoms with Crippen molar-refractivity contribution in [3.05, 3.63) is 45.6 Å². The molecule has 0 radical (unpaired) electrons. The molecule has 3 aromatic rings. The zero-order chi connectivity index (χ0) is 14.2. The average molecular weight is 302 g/mol. The first kappa shape index (κ1) is 12.7. The number of hydrogen-bond acceptors (Lipinski definition) is 6. The molecule has 0 unspecified atom stereocenters. The number of rotatable bonds is 5. The highest BCUT2D eigenvalue weighted by Gasteiger charge is 2.20. The molecule has 1 aliphatic rings. The van der Waals surface area contributed by atoms with Crippen molar-refractivity contribution in [1.29, 1.82) is 0 Å². The van der Waals surface area contributed by atoms with Crippen molar-refractivity contribution < 1.29 is 0 Å². The van der Waals surface area contributed by atoms with Crippen LogP contribution in [0.2, 0.25) is 0 Å². The fourth-order valence-electron chi connectivity index (χ4n) is 2.17. The fraction of sp³-hybridized carbons (Fsp3) is 0.385. The Kier molecular flexibility index (Phi) is 3.04. The van der Waals surface area contributed by atoms with Crippen LogP contribution in [0.25, 0.3) is 4.96 Å². The number of fused-ring (bicyclic) bond motifs is 1. The maximum absolute atomic E-state index is 11.9. The third-order valence-electron chi connectivity index (χ3n) is 3.42. The van der Waals surface area contributed by atoms with E-state index < -0.39 is 0 Å². The van der Waals surface area contributed by atoms with E-state index in [2.05, 4.69) is 20.6 Å². The van der Waals surface area contributed by atoms with Crippen molar-refractivity contribution in [3.63, 3.8) is 0 Å². The van der Waals surface area contributed by atoms with Gasteiger partial charge in [-0.3, -0.25) is 9.20 Å². The van der Waals surface area contributed by atoms with Crippen molar-refractivity contribution in [1.82, 2.24) is 29.7 Å². The summed E-state index contributed by atoms with van der Waals surface area (Å²) >= 11 is 1.45. The number of hydrogen-bond donors (Lipinski definition) is 1. The van der Waals surface area contributed by atoms with Crippen molar-refractivity contribution in [3.8, 4) is 0 Å². The van der Waals surface area contributed by atoms with Crippen LogP contribution in [0.3, 0.4) is 0 Å². The maximum Gasteiger partial charge on any atom is 0.258 e. The molecular weight excluding hydrogens is 288 g/mol. The van der Waals surface area contributed by atoms with E-state index in [1.807, 2.05) is 11.6 Å². The Hall–Kier alpha value is -2.06. The molecule has 0 bridgehead atoms.